The number of nitrogens with zero attached hydrogens (tertiary/aromatic N) is 3. The van der Waals surface area contributed by atoms with E-state index in [-0.39, 0.29) is 0 Å². The van der Waals surface area contributed by atoms with Crippen LogP contribution in [0.1, 0.15) is 43.5 Å². The molecule has 1 fully saturated rings. The minimum atomic E-state index is -0.903. The predicted octanol–water partition coefficient (Wildman–Crippen LogP) is 2.63. The lowest BCUT2D eigenvalue weighted by molar-refractivity contribution is 0.0697. The van der Waals surface area contributed by atoms with Crippen molar-refractivity contribution in [1.82, 2.24) is 9.66 Å². The molecule has 1 aromatic heterocycles. The molecule has 2 aromatic rings. The molecule has 106 valence electrons. The van der Waals surface area contributed by atoms with Crippen molar-refractivity contribution >= 4 is 17.0 Å². The molecule has 2 unspecified atom stereocenters. The molecule has 0 spiro atoms. The van der Waals surface area contributed by atoms with Crippen LogP contribution in [0.2, 0.25) is 0 Å². The summed E-state index contributed by atoms with van der Waals surface area (Å²) < 4.78 is 2.02. The van der Waals surface area contributed by atoms with Crippen molar-refractivity contribution in [3.8, 4) is 0 Å². The lowest BCUT2D eigenvalue weighted by Crippen LogP contribution is -2.50. The Morgan fingerprint density at radius 2 is 2.00 bits per heavy atom. The Morgan fingerprint density at radius 3 is 2.65 bits per heavy atom. The van der Waals surface area contributed by atoms with Crippen LogP contribution in [-0.2, 0) is 0 Å². The van der Waals surface area contributed by atoms with Crippen molar-refractivity contribution in [3.05, 3.63) is 30.1 Å². The minimum Gasteiger partial charge on any atom is -0.478 e. The van der Waals surface area contributed by atoms with E-state index in [1.54, 1.807) is 24.5 Å². The summed E-state index contributed by atoms with van der Waals surface area (Å²) in [6.07, 6.45) is 5.35. The molecule has 0 aliphatic carbocycles. The Bertz CT molecular complexity index is 640. The highest BCUT2D eigenvalue weighted by Gasteiger charge is 2.26. The number of carboxylic acids is 1. The van der Waals surface area contributed by atoms with Gasteiger partial charge in [-0.05, 0) is 51.3 Å². The van der Waals surface area contributed by atoms with E-state index in [0.717, 1.165) is 23.9 Å². The van der Waals surface area contributed by atoms with E-state index in [4.69, 9.17) is 5.11 Å². The van der Waals surface area contributed by atoms with E-state index < -0.39 is 5.97 Å². The van der Waals surface area contributed by atoms with Crippen LogP contribution in [0.15, 0.2) is 24.5 Å². The zero-order valence-electron chi connectivity index (χ0n) is 11.8. The Kier molecular flexibility index (Phi) is 3.12. The van der Waals surface area contributed by atoms with Crippen LogP contribution in [0.5, 0.6) is 0 Å². The Hall–Kier alpha value is -2.04. The highest BCUT2D eigenvalue weighted by atomic mass is 16.4. The number of benzene rings is 1. The fraction of sp³-hybridized carbons (Fsp3) is 0.467. The maximum absolute atomic E-state index is 11.1. The SMILES string of the molecule is CC1CCCC(C)N1n1cnc2ccc(C(=O)O)cc21. The largest absolute Gasteiger partial charge is 0.478 e. The molecular weight excluding hydrogens is 254 g/mol. The first-order valence-corrected chi connectivity index (χ1v) is 7.07. The number of rotatable bonds is 2. The van der Waals surface area contributed by atoms with Gasteiger partial charge in [0, 0.05) is 12.1 Å². The lowest BCUT2D eigenvalue weighted by Gasteiger charge is -2.41. The fourth-order valence-corrected chi connectivity index (χ4v) is 3.14. The third-order valence-electron chi connectivity index (χ3n) is 4.17. The van der Waals surface area contributed by atoms with Crippen molar-refractivity contribution in [2.24, 2.45) is 0 Å². The number of piperidine rings is 1. The Labute approximate surface area is 117 Å². The van der Waals surface area contributed by atoms with Gasteiger partial charge in [-0.25, -0.2) is 14.5 Å². The van der Waals surface area contributed by atoms with Crippen LogP contribution in [-0.4, -0.2) is 32.8 Å². The van der Waals surface area contributed by atoms with Gasteiger partial charge in [-0.15, -0.1) is 0 Å². The first-order chi connectivity index (χ1) is 9.58. The van der Waals surface area contributed by atoms with Crippen LogP contribution >= 0.6 is 0 Å². The summed E-state index contributed by atoms with van der Waals surface area (Å²) in [6, 6.07) is 5.95. The second-order valence-electron chi connectivity index (χ2n) is 5.61. The van der Waals surface area contributed by atoms with Gasteiger partial charge >= 0.3 is 5.97 Å². The number of fused-ring (bicyclic) bond motifs is 1. The first-order valence-electron chi connectivity index (χ1n) is 7.07. The molecule has 1 aliphatic heterocycles. The van der Waals surface area contributed by atoms with Crippen molar-refractivity contribution < 1.29 is 9.90 Å². The van der Waals surface area contributed by atoms with E-state index in [1.165, 1.54) is 6.42 Å². The molecule has 2 heterocycles. The standard InChI is InChI=1S/C15H19N3O2/c1-10-4-3-5-11(2)18(10)17-9-16-13-7-6-12(15(19)20)8-14(13)17/h6-11H,3-5H2,1-2H3,(H,19,20). The second kappa shape index (κ2) is 4.81. The number of imidazole rings is 1. The monoisotopic (exact) mass is 273 g/mol. The minimum absolute atomic E-state index is 0.302. The molecule has 5 heteroatoms. The average molecular weight is 273 g/mol. The van der Waals surface area contributed by atoms with E-state index >= 15 is 0 Å². The van der Waals surface area contributed by atoms with Crippen LogP contribution in [0.3, 0.4) is 0 Å². The van der Waals surface area contributed by atoms with E-state index in [0.29, 0.717) is 17.6 Å². The van der Waals surface area contributed by atoms with Gasteiger partial charge in [-0.2, -0.15) is 0 Å². The van der Waals surface area contributed by atoms with Crippen LogP contribution in [0.4, 0.5) is 0 Å². The molecule has 1 N–H and O–H groups in total. The van der Waals surface area contributed by atoms with Gasteiger partial charge in [0.2, 0.25) is 0 Å². The highest BCUT2D eigenvalue weighted by Crippen LogP contribution is 2.24. The van der Waals surface area contributed by atoms with Gasteiger partial charge < -0.3 is 10.1 Å². The summed E-state index contributed by atoms with van der Waals surface area (Å²) in [5, 5.41) is 11.5. The summed E-state index contributed by atoms with van der Waals surface area (Å²) in [6.45, 7) is 4.42. The number of hydrogen-bond acceptors (Lipinski definition) is 3. The maximum Gasteiger partial charge on any atom is 0.335 e. The smallest absolute Gasteiger partial charge is 0.335 e. The zero-order valence-corrected chi connectivity index (χ0v) is 11.8. The summed E-state index contributed by atoms with van der Waals surface area (Å²) in [5.41, 5.74) is 2.00. The van der Waals surface area contributed by atoms with Crippen molar-refractivity contribution in [1.29, 1.82) is 0 Å². The zero-order chi connectivity index (χ0) is 14.3. The number of carboxylic acid groups (broad SMARTS) is 1. The predicted molar refractivity (Wildman–Crippen MR) is 77.7 cm³/mol. The third-order valence-corrected chi connectivity index (χ3v) is 4.17. The van der Waals surface area contributed by atoms with Gasteiger partial charge in [0.25, 0.3) is 0 Å². The highest BCUT2D eigenvalue weighted by molar-refractivity contribution is 5.92. The van der Waals surface area contributed by atoms with E-state index in [2.05, 4.69) is 23.8 Å². The molecule has 20 heavy (non-hydrogen) atoms. The van der Waals surface area contributed by atoms with Gasteiger partial charge in [-0.3, -0.25) is 0 Å². The average Bonchev–Trinajstić information content (AvgIpc) is 2.81. The summed E-state index contributed by atoms with van der Waals surface area (Å²) in [5.74, 6) is -0.903. The number of hydrogen-bond donors (Lipinski definition) is 1. The maximum atomic E-state index is 11.1. The molecule has 5 nitrogen and oxygen atoms in total. The molecule has 0 amide bonds. The number of carbonyl (C=O) groups is 1. The topological polar surface area (TPSA) is 58.4 Å². The number of aromatic carboxylic acids is 1. The van der Waals surface area contributed by atoms with E-state index in [9.17, 15) is 4.79 Å². The van der Waals surface area contributed by atoms with Gasteiger partial charge in [0.15, 0.2) is 0 Å². The summed E-state index contributed by atoms with van der Waals surface area (Å²) in [4.78, 5) is 15.5. The summed E-state index contributed by atoms with van der Waals surface area (Å²) >= 11 is 0. The lowest BCUT2D eigenvalue weighted by atomic mass is 10.00. The Morgan fingerprint density at radius 1 is 1.30 bits per heavy atom. The number of aromatic nitrogens is 2. The van der Waals surface area contributed by atoms with Crippen molar-refractivity contribution in [2.75, 3.05) is 5.01 Å². The second-order valence-corrected chi connectivity index (χ2v) is 5.61. The fourth-order valence-electron chi connectivity index (χ4n) is 3.14. The van der Waals surface area contributed by atoms with Gasteiger partial charge in [-0.1, -0.05) is 0 Å². The molecule has 1 aliphatic rings. The molecule has 3 rings (SSSR count). The van der Waals surface area contributed by atoms with E-state index in [1.807, 2.05) is 4.68 Å². The first kappa shape index (κ1) is 13.0. The van der Waals surface area contributed by atoms with Gasteiger partial charge in [0.1, 0.15) is 6.33 Å². The van der Waals surface area contributed by atoms with Crippen LogP contribution in [0.25, 0.3) is 11.0 Å². The van der Waals surface area contributed by atoms with Crippen LogP contribution in [0, 0.1) is 0 Å². The normalized spacial score (nSPS) is 23.2. The summed E-state index contributed by atoms with van der Waals surface area (Å²) in [7, 11) is 0. The third kappa shape index (κ3) is 2.03. The molecule has 0 saturated carbocycles. The van der Waals surface area contributed by atoms with Crippen molar-refractivity contribution in [2.45, 2.75) is 45.2 Å². The molecule has 2 atom stereocenters. The molecule has 0 radical (unpaired) electrons. The van der Waals surface area contributed by atoms with Crippen molar-refractivity contribution in [3.63, 3.8) is 0 Å². The Balaban J connectivity index is 2.10. The molecular formula is C15H19N3O2. The molecule has 0 bridgehead atoms. The molecule has 1 saturated heterocycles. The van der Waals surface area contributed by atoms with Crippen LogP contribution < -0.4 is 5.01 Å². The molecule has 1 aromatic carbocycles. The quantitative estimate of drug-likeness (QED) is 0.913. The van der Waals surface area contributed by atoms with Gasteiger partial charge in [0.05, 0.1) is 16.6 Å².